The second-order valence-electron chi connectivity index (χ2n) is 8.14. The minimum Gasteiger partial charge on any atom is -0.486 e. The Morgan fingerprint density at radius 2 is 1.91 bits per heavy atom. The Hall–Kier alpha value is -2.84. The molecule has 0 bridgehead atoms. The largest absolute Gasteiger partial charge is 0.486 e. The normalized spacial score (nSPS) is 11.4. The molecule has 0 radical (unpaired) electrons. The fraction of sp³-hybridized carbons (Fsp3) is 0.333. The summed E-state index contributed by atoms with van der Waals surface area (Å²) in [5.74, 6) is 2.49. The van der Waals surface area contributed by atoms with Crippen LogP contribution in [0.25, 0.3) is 5.65 Å². The molecule has 0 spiro atoms. The van der Waals surface area contributed by atoms with Gasteiger partial charge in [0.1, 0.15) is 18.0 Å². The first-order chi connectivity index (χ1) is 15.9. The molecular weight excluding hydrogens is 458 g/mol. The van der Waals surface area contributed by atoms with E-state index in [0.29, 0.717) is 34.6 Å². The summed E-state index contributed by atoms with van der Waals surface area (Å²) in [5, 5.41) is 10.0. The lowest BCUT2D eigenvalue weighted by Crippen LogP contribution is -2.15. The standard InChI is InChI=1S/C24H26ClN5O2S/c1-4-17-5-8-20(9-6-17)32-14-22-27-28-24(30(22)12-16(2)3)33-15-19-11-23(31)29-13-18(25)7-10-21(29)26-19/h5-11,13,16H,4,12,14-15H2,1-3H3. The Morgan fingerprint density at radius 3 is 2.64 bits per heavy atom. The van der Waals surface area contributed by atoms with E-state index in [1.54, 1.807) is 18.3 Å². The highest BCUT2D eigenvalue weighted by Gasteiger charge is 2.15. The van der Waals surface area contributed by atoms with Crippen LogP contribution in [0.2, 0.25) is 5.02 Å². The molecule has 0 aliphatic rings. The summed E-state index contributed by atoms with van der Waals surface area (Å²) in [6.07, 6.45) is 2.57. The smallest absolute Gasteiger partial charge is 0.258 e. The van der Waals surface area contributed by atoms with Gasteiger partial charge >= 0.3 is 0 Å². The molecular formula is C24H26ClN5O2S. The topological polar surface area (TPSA) is 74.3 Å². The van der Waals surface area contributed by atoms with Crippen molar-refractivity contribution in [1.82, 2.24) is 24.1 Å². The average Bonchev–Trinajstić information content (AvgIpc) is 3.17. The number of fused-ring (bicyclic) bond motifs is 1. The van der Waals surface area contributed by atoms with Crippen molar-refractivity contribution in [1.29, 1.82) is 0 Å². The van der Waals surface area contributed by atoms with E-state index in [9.17, 15) is 4.79 Å². The highest BCUT2D eigenvalue weighted by atomic mass is 35.5. The number of aryl methyl sites for hydroxylation is 1. The van der Waals surface area contributed by atoms with Crippen molar-refractivity contribution < 1.29 is 4.74 Å². The maximum atomic E-state index is 12.4. The van der Waals surface area contributed by atoms with E-state index >= 15 is 0 Å². The molecule has 3 heterocycles. The molecule has 0 saturated carbocycles. The van der Waals surface area contributed by atoms with Gasteiger partial charge in [0.05, 0.1) is 10.7 Å². The summed E-state index contributed by atoms with van der Waals surface area (Å²) in [6, 6.07) is 13.1. The van der Waals surface area contributed by atoms with Gasteiger partial charge in [0.15, 0.2) is 11.0 Å². The number of nitrogens with zero attached hydrogens (tertiary/aromatic N) is 5. The van der Waals surface area contributed by atoms with Crippen LogP contribution in [0.5, 0.6) is 5.75 Å². The van der Waals surface area contributed by atoms with Crippen molar-refractivity contribution in [3.05, 3.63) is 81.1 Å². The molecule has 0 N–H and O–H groups in total. The van der Waals surface area contributed by atoms with Crippen LogP contribution in [0, 0.1) is 5.92 Å². The van der Waals surface area contributed by atoms with Gasteiger partial charge in [-0.15, -0.1) is 10.2 Å². The molecule has 0 saturated heterocycles. The molecule has 33 heavy (non-hydrogen) atoms. The summed E-state index contributed by atoms with van der Waals surface area (Å²) in [5.41, 5.74) is 2.36. The molecule has 1 aromatic carbocycles. The molecule has 3 aromatic heterocycles. The molecule has 7 nitrogen and oxygen atoms in total. The van der Waals surface area contributed by atoms with Crippen LogP contribution in [-0.2, 0) is 25.3 Å². The lowest BCUT2D eigenvalue weighted by atomic mass is 10.2. The number of ether oxygens (including phenoxy) is 1. The van der Waals surface area contributed by atoms with Crippen LogP contribution < -0.4 is 10.3 Å². The van der Waals surface area contributed by atoms with Crippen LogP contribution >= 0.6 is 23.4 Å². The molecule has 0 aliphatic heterocycles. The summed E-state index contributed by atoms with van der Waals surface area (Å²) >= 11 is 7.50. The monoisotopic (exact) mass is 483 g/mol. The Morgan fingerprint density at radius 1 is 1.12 bits per heavy atom. The van der Waals surface area contributed by atoms with Gasteiger partial charge in [-0.3, -0.25) is 9.20 Å². The first-order valence-corrected chi connectivity index (χ1v) is 12.2. The number of benzene rings is 1. The van der Waals surface area contributed by atoms with Gasteiger partial charge in [0.25, 0.3) is 5.56 Å². The minimum absolute atomic E-state index is 0.162. The maximum Gasteiger partial charge on any atom is 0.258 e. The average molecular weight is 484 g/mol. The third-order valence-corrected chi connectivity index (χ3v) is 6.29. The number of hydrogen-bond donors (Lipinski definition) is 0. The zero-order chi connectivity index (χ0) is 23.4. The molecule has 0 amide bonds. The number of halogens is 1. The third-order valence-electron chi connectivity index (χ3n) is 5.07. The van der Waals surface area contributed by atoms with Crippen molar-refractivity contribution in [2.24, 2.45) is 5.92 Å². The number of thioether (sulfide) groups is 1. The van der Waals surface area contributed by atoms with Gasteiger partial charge in [0.2, 0.25) is 0 Å². The fourth-order valence-electron chi connectivity index (χ4n) is 3.39. The van der Waals surface area contributed by atoms with Gasteiger partial charge < -0.3 is 9.30 Å². The summed E-state index contributed by atoms with van der Waals surface area (Å²) < 4.78 is 9.50. The van der Waals surface area contributed by atoms with Crippen LogP contribution in [0.4, 0.5) is 0 Å². The van der Waals surface area contributed by atoms with Gasteiger partial charge in [-0.2, -0.15) is 0 Å². The van der Waals surface area contributed by atoms with Crippen molar-refractivity contribution in [2.45, 2.75) is 51.3 Å². The van der Waals surface area contributed by atoms with E-state index in [2.05, 4.69) is 52.7 Å². The first kappa shape index (κ1) is 23.3. The zero-order valence-corrected chi connectivity index (χ0v) is 20.4. The first-order valence-electron chi connectivity index (χ1n) is 10.9. The van der Waals surface area contributed by atoms with Gasteiger partial charge in [-0.25, -0.2) is 4.98 Å². The zero-order valence-electron chi connectivity index (χ0n) is 18.9. The number of rotatable bonds is 9. The predicted molar refractivity (Wildman–Crippen MR) is 131 cm³/mol. The molecule has 4 rings (SSSR count). The molecule has 0 atom stereocenters. The van der Waals surface area contributed by atoms with Crippen LogP contribution in [0.15, 0.2) is 58.6 Å². The molecule has 9 heteroatoms. The SMILES string of the molecule is CCc1ccc(OCc2nnc(SCc3cc(=O)n4cc(Cl)ccc4n3)n2CC(C)C)cc1. The Kier molecular flexibility index (Phi) is 7.35. The van der Waals surface area contributed by atoms with E-state index in [1.165, 1.54) is 27.8 Å². The van der Waals surface area contributed by atoms with E-state index in [1.807, 2.05) is 12.1 Å². The van der Waals surface area contributed by atoms with Crippen molar-refractivity contribution in [2.75, 3.05) is 0 Å². The summed E-state index contributed by atoms with van der Waals surface area (Å²) in [4.78, 5) is 17.0. The van der Waals surface area contributed by atoms with E-state index in [-0.39, 0.29) is 5.56 Å². The van der Waals surface area contributed by atoms with E-state index in [0.717, 1.165) is 29.7 Å². The van der Waals surface area contributed by atoms with Gasteiger partial charge in [-0.1, -0.05) is 56.3 Å². The molecule has 172 valence electrons. The second kappa shape index (κ2) is 10.4. The van der Waals surface area contributed by atoms with Gasteiger partial charge in [0, 0.05) is 24.6 Å². The second-order valence-corrected chi connectivity index (χ2v) is 9.52. The third kappa shape index (κ3) is 5.75. The fourth-order valence-corrected chi connectivity index (χ4v) is 4.41. The van der Waals surface area contributed by atoms with Crippen molar-refractivity contribution in [3.8, 4) is 5.75 Å². The Labute approximate surface area is 201 Å². The predicted octanol–water partition coefficient (Wildman–Crippen LogP) is 5.03. The minimum atomic E-state index is -0.162. The van der Waals surface area contributed by atoms with Gasteiger partial charge in [-0.05, 0) is 42.2 Å². The molecule has 4 aromatic rings. The highest BCUT2D eigenvalue weighted by Crippen LogP contribution is 2.23. The number of pyridine rings is 1. The number of aromatic nitrogens is 5. The summed E-state index contributed by atoms with van der Waals surface area (Å²) in [7, 11) is 0. The summed E-state index contributed by atoms with van der Waals surface area (Å²) in [6.45, 7) is 7.54. The lowest BCUT2D eigenvalue weighted by Gasteiger charge is -2.13. The molecule has 0 unspecified atom stereocenters. The van der Waals surface area contributed by atoms with Crippen LogP contribution in [0.3, 0.4) is 0 Å². The maximum absolute atomic E-state index is 12.4. The molecule has 0 aliphatic carbocycles. The van der Waals surface area contributed by atoms with Crippen LogP contribution in [0.1, 0.15) is 37.9 Å². The van der Waals surface area contributed by atoms with E-state index < -0.39 is 0 Å². The molecule has 0 fully saturated rings. The highest BCUT2D eigenvalue weighted by molar-refractivity contribution is 7.98. The van der Waals surface area contributed by atoms with E-state index in [4.69, 9.17) is 16.3 Å². The lowest BCUT2D eigenvalue weighted by molar-refractivity contribution is 0.284. The Bertz CT molecular complexity index is 1300. The Balaban J connectivity index is 1.50. The van der Waals surface area contributed by atoms with Crippen molar-refractivity contribution >= 4 is 29.0 Å². The number of hydrogen-bond acceptors (Lipinski definition) is 6. The quantitative estimate of drug-likeness (QED) is 0.311. The van der Waals surface area contributed by atoms with Crippen molar-refractivity contribution in [3.63, 3.8) is 0 Å². The van der Waals surface area contributed by atoms with Crippen LogP contribution in [-0.4, -0.2) is 24.1 Å².